The Morgan fingerprint density at radius 3 is 2.55 bits per heavy atom. The van der Waals surface area contributed by atoms with Crippen molar-refractivity contribution in [3.05, 3.63) is 59.2 Å². The highest BCUT2D eigenvalue weighted by atomic mass is 16.5. The van der Waals surface area contributed by atoms with Crippen molar-refractivity contribution >= 4 is 11.5 Å². The van der Waals surface area contributed by atoms with Gasteiger partial charge in [-0.1, -0.05) is 23.8 Å². The maximum absolute atomic E-state index is 12.6. The molecule has 0 aliphatic carbocycles. The average Bonchev–Trinajstić information content (AvgIpc) is 2.39. The first-order chi connectivity index (χ1) is 9.47. The van der Waals surface area contributed by atoms with E-state index in [1.165, 1.54) is 0 Å². The first kappa shape index (κ1) is 14.1. The molecule has 0 aliphatic heterocycles. The van der Waals surface area contributed by atoms with E-state index in [1.807, 2.05) is 39.0 Å². The van der Waals surface area contributed by atoms with Gasteiger partial charge in [0.15, 0.2) is 5.78 Å². The molecule has 0 heterocycles. The minimum absolute atomic E-state index is 0.0186. The summed E-state index contributed by atoms with van der Waals surface area (Å²) in [5, 5.41) is 0. The lowest BCUT2D eigenvalue weighted by Gasteiger charge is -2.14. The Hall–Kier alpha value is -2.29. The molecular formula is C17H19NO2. The molecule has 0 radical (unpaired) electrons. The van der Waals surface area contributed by atoms with Crippen LogP contribution in [0.15, 0.2) is 42.5 Å². The molecule has 0 spiro atoms. The van der Waals surface area contributed by atoms with Gasteiger partial charge >= 0.3 is 0 Å². The van der Waals surface area contributed by atoms with Crippen LogP contribution in [0.4, 0.5) is 5.69 Å². The van der Waals surface area contributed by atoms with Gasteiger partial charge in [0.05, 0.1) is 11.7 Å². The summed E-state index contributed by atoms with van der Waals surface area (Å²) in [6.45, 7) is 5.83. The van der Waals surface area contributed by atoms with E-state index in [9.17, 15) is 4.79 Å². The van der Waals surface area contributed by atoms with Gasteiger partial charge in [-0.3, -0.25) is 4.79 Å². The molecule has 2 aromatic rings. The predicted molar refractivity (Wildman–Crippen MR) is 81.2 cm³/mol. The summed E-state index contributed by atoms with van der Waals surface area (Å²) in [5.74, 6) is 0.537. The SMILES string of the molecule is Cc1ccc(OC(C)C)c(C(=O)c2cccc(N)c2)c1. The van der Waals surface area contributed by atoms with Gasteiger partial charge in [-0.15, -0.1) is 0 Å². The number of hydrogen-bond donors (Lipinski definition) is 1. The summed E-state index contributed by atoms with van der Waals surface area (Å²) in [5.41, 5.74) is 8.49. The van der Waals surface area contributed by atoms with Crippen LogP contribution in [0.3, 0.4) is 0 Å². The van der Waals surface area contributed by atoms with Crippen LogP contribution in [0.5, 0.6) is 5.75 Å². The molecule has 2 N–H and O–H groups in total. The summed E-state index contributed by atoms with van der Waals surface area (Å²) in [7, 11) is 0. The van der Waals surface area contributed by atoms with Crippen molar-refractivity contribution in [1.29, 1.82) is 0 Å². The van der Waals surface area contributed by atoms with E-state index >= 15 is 0 Å². The van der Waals surface area contributed by atoms with Crippen molar-refractivity contribution < 1.29 is 9.53 Å². The van der Waals surface area contributed by atoms with Crippen LogP contribution in [-0.4, -0.2) is 11.9 Å². The third-order valence-electron chi connectivity index (χ3n) is 2.89. The normalized spacial score (nSPS) is 10.6. The molecule has 0 aromatic heterocycles. The summed E-state index contributed by atoms with van der Waals surface area (Å²) >= 11 is 0. The number of nitrogen functional groups attached to an aromatic ring is 1. The van der Waals surface area contributed by atoms with E-state index in [4.69, 9.17) is 10.5 Å². The van der Waals surface area contributed by atoms with Gasteiger partial charge in [0.25, 0.3) is 0 Å². The summed E-state index contributed by atoms with van der Waals surface area (Å²) < 4.78 is 5.72. The lowest BCUT2D eigenvalue weighted by Crippen LogP contribution is -2.11. The second-order valence-electron chi connectivity index (χ2n) is 5.12. The third kappa shape index (κ3) is 3.18. The van der Waals surface area contributed by atoms with E-state index in [2.05, 4.69) is 0 Å². The van der Waals surface area contributed by atoms with E-state index in [0.29, 0.717) is 22.6 Å². The van der Waals surface area contributed by atoms with E-state index in [1.54, 1.807) is 24.3 Å². The number of aryl methyl sites for hydroxylation is 1. The van der Waals surface area contributed by atoms with Crippen LogP contribution >= 0.6 is 0 Å². The molecule has 0 amide bonds. The first-order valence-corrected chi connectivity index (χ1v) is 6.65. The van der Waals surface area contributed by atoms with Crippen LogP contribution < -0.4 is 10.5 Å². The maximum atomic E-state index is 12.6. The van der Waals surface area contributed by atoms with Crippen LogP contribution in [0.25, 0.3) is 0 Å². The van der Waals surface area contributed by atoms with Gasteiger partial charge < -0.3 is 10.5 Å². The van der Waals surface area contributed by atoms with Gasteiger partial charge in [-0.25, -0.2) is 0 Å². The first-order valence-electron chi connectivity index (χ1n) is 6.65. The van der Waals surface area contributed by atoms with Crippen LogP contribution in [0, 0.1) is 6.92 Å². The van der Waals surface area contributed by atoms with Crippen molar-refractivity contribution in [3.8, 4) is 5.75 Å². The zero-order chi connectivity index (χ0) is 14.7. The largest absolute Gasteiger partial charge is 0.490 e. The van der Waals surface area contributed by atoms with Crippen LogP contribution in [0.1, 0.15) is 35.3 Å². The molecule has 2 rings (SSSR count). The van der Waals surface area contributed by atoms with Gasteiger partial charge in [-0.2, -0.15) is 0 Å². The number of benzene rings is 2. The zero-order valence-electron chi connectivity index (χ0n) is 12.0. The molecule has 0 bridgehead atoms. The second kappa shape index (κ2) is 5.78. The number of nitrogens with two attached hydrogens (primary N) is 1. The van der Waals surface area contributed by atoms with Crippen LogP contribution in [0.2, 0.25) is 0 Å². The maximum Gasteiger partial charge on any atom is 0.196 e. The van der Waals surface area contributed by atoms with Crippen LogP contribution in [-0.2, 0) is 0 Å². The second-order valence-corrected chi connectivity index (χ2v) is 5.12. The molecule has 0 atom stereocenters. The highest BCUT2D eigenvalue weighted by molar-refractivity contribution is 6.11. The quantitative estimate of drug-likeness (QED) is 0.681. The summed E-state index contributed by atoms with van der Waals surface area (Å²) in [6, 6.07) is 12.6. The highest BCUT2D eigenvalue weighted by Gasteiger charge is 2.16. The Kier molecular flexibility index (Phi) is 4.08. The van der Waals surface area contributed by atoms with E-state index in [0.717, 1.165) is 5.56 Å². The van der Waals surface area contributed by atoms with Gasteiger partial charge in [0, 0.05) is 11.3 Å². The van der Waals surface area contributed by atoms with Crippen molar-refractivity contribution in [2.45, 2.75) is 26.9 Å². The Morgan fingerprint density at radius 1 is 1.15 bits per heavy atom. The fourth-order valence-corrected chi connectivity index (χ4v) is 2.01. The fraction of sp³-hybridized carbons (Fsp3) is 0.235. The smallest absolute Gasteiger partial charge is 0.196 e. The molecule has 0 aliphatic rings. The molecule has 3 heteroatoms. The number of ether oxygens (including phenoxy) is 1. The number of carbonyl (C=O) groups is 1. The molecule has 104 valence electrons. The minimum Gasteiger partial charge on any atom is -0.490 e. The van der Waals surface area contributed by atoms with Crippen molar-refractivity contribution in [1.82, 2.24) is 0 Å². The average molecular weight is 269 g/mol. The molecule has 3 nitrogen and oxygen atoms in total. The van der Waals surface area contributed by atoms with E-state index < -0.39 is 0 Å². The predicted octanol–water partition coefficient (Wildman–Crippen LogP) is 3.60. The Morgan fingerprint density at radius 2 is 1.90 bits per heavy atom. The van der Waals surface area contributed by atoms with Crippen molar-refractivity contribution in [2.24, 2.45) is 0 Å². The molecule has 0 unspecified atom stereocenters. The van der Waals surface area contributed by atoms with E-state index in [-0.39, 0.29) is 11.9 Å². The van der Waals surface area contributed by atoms with Gasteiger partial charge in [-0.05, 0) is 45.0 Å². The molecule has 0 saturated carbocycles. The Bertz CT molecular complexity index is 633. The number of hydrogen-bond acceptors (Lipinski definition) is 3. The van der Waals surface area contributed by atoms with Crippen molar-refractivity contribution in [3.63, 3.8) is 0 Å². The highest BCUT2D eigenvalue weighted by Crippen LogP contribution is 2.25. The molecular weight excluding hydrogens is 250 g/mol. The topological polar surface area (TPSA) is 52.3 Å². The molecule has 0 fully saturated rings. The Balaban J connectivity index is 2.45. The third-order valence-corrected chi connectivity index (χ3v) is 2.89. The lowest BCUT2D eigenvalue weighted by molar-refractivity contribution is 0.103. The molecule has 20 heavy (non-hydrogen) atoms. The summed E-state index contributed by atoms with van der Waals surface area (Å²) in [4.78, 5) is 12.6. The number of anilines is 1. The zero-order valence-corrected chi connectivity index (χ0v) is 12.0. The van der Waals surface area contributed by atoms with Gasteiger partial charge in [0.2, 0.25) is 0 Å². The standard InChI is InChI=1S/C17H19NO2/c1-11(2)20-16-8-7-12(3)9-15(16)17(19)13-5-4-6-14(18)10-13/h4-11H,18H2,1-3H3. The number of carbonyl (C=O) groups excluding carboxylic acids is 1. The number of ketones is 1. The monoisotopic (exact) mass is 269 g/mol. The minimum atomic E-state index is -0.0725. The Labute approximate surface area is 119 Å². The number of rotatable bonds is 4. The lowest BCUT2D eigenvalue weighted by atomic mass is 10.00. The molecule has 2 aromatic carbocycles. The summed E-state index contributed by atoms with van der Waals surface area (Å²) in [6.07, 6.45) is 0.0186. The van der Waals surface area contributed by atoms with Gasteiger partial charge in [0.1, 0.15) is 5.75 Å². The molecule has 0 saturated heterocycles. The fourth-order valence-electron chi connectivity index (χ4n) is 2.01. The van der Waals surface area contributed by atoms with Crippen molar-refractivity contribution in [2.75, 3.05) is 5.73 Å².